The third kappa shape index (κ3) is 4.88. The summed E-state index contributed by atoms with van der Waals surface area (Å²) in [5.41, 5.74) is -0.440. The van der Waals surface area contributed by atoms with E-state index >= 15 is 0 Å². The number of rotatable bonds is 6. The fourth-order valence-electron chi connectivity index (χ4n) is 0.976. The third-order valence-electron chi connectivity index (χ3n) is 2.33. The second kappa shape index (κ2) is 5.97. The topological polar surface area (TPSA) is 49.3 Å². The maximum absolute atomic E-state index is 11.3. The van der Waals surface area contributed by atoms with Crippen molar-refractivity contribution in [1.29, 1.82) is 0 Å². The van der Waals surface area contributed by atoms with Crippen molar-refractivity contribution in [3.05, 3.63) is 0 Å². The first kappa shape index (κ1) is 12.4. The third-order valence-corrected chi connectivity index (χ3v) is 2.33. The lowest BCUT2D eigenvalue weighted by Crippen LogP contribution is -2.48. The zero-order valence-corrected chi connectivity index (χ0v) is 8.89. The molecule has 0 aliphatic heterocycles. The van der Waals surface area contributed by atoms with E-state index in [0.29, 0.717) is 6.42 Å². The molecule has 0 aromatic carbocycles. The summed E-state index contributed by atoms with van der Waals surface area (Å²) in [6.07, 6.45) is 3.25. The summed E-state index contributed by atoms with van der Waals surface area (Å²) < 4.78 is 0. The van der Waals surface area contributed by atoms with E-state index in [1.165, 1.54) is 0 Å². The van der Waals surface area contributed by atoms with Crippen LogP contribution in [0.3, 0.4) is 0 Å². The molecule has 0 saturated heterocycles. The highest BCUT2D eigenvalue weighted by atomic mass is 16.3. The number of unbranched alkanes of at least 4 members (excludes halogenated alkanes) is 1. The van der Waals surface area contributed by atoms with E-state index in [0.717, 1.165) is 19.3 Å². The second-order valence-electron chi connectivity index (χ2n) is 3.72. The summed E-state index contributed by atoms with van der Waals surface area (Å²) in [6, 6.07) is 0. The minimum atomic E-state index is -0.440. The number of hydrogen-bond acceptors (Lipinski definition) is 2. The molecule has 0 bridgehead atoms. The number of carbonyl (C=O) groups is 1. The van der Waals surface area contributed by atoms with Gasteiger partial charge in [-0.3, -0.25) is 4.79 Å². The van der Waals surface area contributed by atoms with Crippen LogP contribution in [0.2, 0.25) is 0 Å². The van der Waals surface area contributed by atoms with Crippen molar-refractivity contribution in [2.24, 2.45) is 0 Å². The van der Waals surface area contributed by atoms with Crippen LogP contribution in [-0.2, 0) is 4.79 Å². The lowest BCUT2D eigenvalue weighted by molar-refractivity contribution is -0.123. The van der Waals surface area contributed by atoms with Gasteiger partial charge in [0.1, 0.15) is 0 Å². The van der Waals surface area contributed by atoms with E-state index in [4.69, 9.17) is 5.11 Å². The molecule has 0 radical (unpaired) electrons. The Bertz CT molecular complexity index is 153. The van der Waals surface area contributed by atoms with E-state index in [1.807, 2.05) is 13.8 Å². The molecular formula is C10H21NO2. The molecular weight excluding hydrogens is 166 g/mol. The van der Waals surface area contributed by atoms with Crippen LogP contribution in [0.25, 0.3) is 0 Å². The summed E-state index contributed by atoms with van der Waals surface area (Å²) in [4.78, 5) is 11.3. The fraction of sp³-hybridized carbons (Fsp3) is 0.900. The summed E-state index contributed by atoms with van der Waals surface area (Å²) in [6.45, 7) is 5.87. The predicted molar refractivity (Wildman–Crippen MR) is 53.4 cm³/mol. The maximum Gasteiger partial charge on any atom is 0.220 e. The summed E-state index contributed by atoms with van der Waals surface area (Å²) in [7, 11) is 0. The van der Waals surface area contributed by atoms with Crippen molar-refractivity contribution in [2.75, 3.05) is 6.61 Å². The van der Waals surface area contributed by atoms with Gasteiger partial charge in [0, 0.05) is 6.42 Å². The van der Waals surface area contributed by atoms with Gasteiger partial charge in [-0.15, -0.1) is 0 Å². The SMILES string of the molecule is CCCCC(=O)NC(C)(CC)CO. The zero-order chi connectivity index (χ0) is 10.3. The smallest absolute Gasteiger partial charge is 0.220 e. The molecule has 1 atom stereocenters. The molecule has 0 aromatic rings. The van der Waals surface area contributed by atoms with E-state index in [1.54, 1.807) is 0 Å². The van der Waals surface area contributed by atoms with Gasteiger partial charge < -0.3 is 10.4 Å². The van der Waals surface area contributed by atoms with Gasteiger partial charge in [0.05, 0.1) is 12.1 Å². The summed E-state index contributed by atoms with van der Waals surface area (Å²) in [5.74, 6) is 0.0419. The van der Waals surface area contributed by atoms with Gasteiger partial charge in [-0.2, -0.15) is 0 Å². The normalized spacial score (nSPS) is 15.1. The molecule has 0 fully saturated rings. The lowest BCUT2D eigenvalue weighted by Gasteiger charge is -2.27. The zero-order valence-electron chi connectivity index (χ0n) is 8.89. The van der Waals surface area contributed by atoms with Crippen LogP contribution in [0.15, 0.2) is 0 Å². The van der Waals surface area contributed by atoms with Crippen LogP contribution in [-0.4, -0.2) is 23.2 Å². The molecule has 13 heavy (non-hydrogen) atoms. The number of amides is 1. The molecule has 1 unspecified atom stereocenters. The standard InChI is InChI=1S/C10H21NO2/c1-4-6-7-9(13)11-10(3,5-2)8-12/h12H,4-8H2,1-3H3,(H,11,13). The van der Waals surface area contributed by atoms with Crippen molar-refractivity contribution in [2.45, 2.75) is 52.0 Å². The van der Waals surface area contributed by atoms with Gasteiger partial charge in [0.2, 0.25) is 5.91 Å². The van der Waals surface area contributed by atoms with Gasteiger partial charge in [-0.1, -0.05) is 20.3 Å². The molecule has 0 saturated carbocycles. The fourth-order valence-corrected chi connectivity index (χ4v) is 0.976. The van der Waals surface area contributed by atoms with Gasteiger partial charge >= 0.3 is 0 Å². The largest absolute Gasteiger partial charge is 0.394 e. The van der Waals surface area contributed by atoms with Crippen LogP contribution in [0, 0.1) is 0 Å². The Morgan fingerprint density at radius 3 is 2.46 bits per heavy atom. The Hall–Kier alpha value is -0.570. The van der Waals surface area contributed by atoms with Crippen molar-refractivity contribution in [1.82, 2.24) is 5.32 Å². The Morgan fingerprint density at radius 1 is 1.46 bits per heavy atom. The Kier molecular flexibility index (Phi) is 5.71. The lowest BCUT2D eigenvalue weighted by atomic mass is 10.00. The second-order valence-corrected chi connectivity index (χ2v) is 3.72. The van der Waals surface area contributed by atoms with Crippen LogP contribution in [0.5, 0.6) is 0 Å². The number of aliphatic hydroxyl groups excluding tert-OH is 1. The molecule has 3 heteroatoms. The van der Waals surface area contributed by atoms with Crippen LogP contribution in [0.4, 0.5) is 0 Å². The molecule has 78 valence electrons. The average Bonchev–Trinajstić information content (AvgIpc) is 2.14. The first-order chi connectivity index (χ1) is 6.08. The van der Waals surface area contributed by atoms with Gasteiger partial charge in [-0.25, -0.2) is 0 Å². The van der Waals surface area contributed by atoms with Gasteiger partial charge in [0.15, 0.2) is 0 Å². The van der Waals surface area contributed by atoms with Crippen LogP contribution in [0.1, 0.15) is 46.5 Å². The summed E-state index contributed by atoms with van der Waals surface area (Å²) in [5, 5.41) is 11.9. The van der Waals surface area contributed by atoms with Gasteiger partial charge in [0.25, 0.3) is 0 Å². The molecule has 0 aliphatic rings. The van der Waals surface area contributed by atoms with E-state index in [9.17, 15) is 4.79 Å². The molecule has 0 rings (SSSR count). The Morgan fingerprint density at radius 2 is 2.08 bits per heavy atom. The van der Waals surface area contributed by atoms with Crippen molar-refractivity contribution >= 4 is 5.91 Å². The maximum atomic E-state index is 11.3. The molecule has 3 nitrogen and oxygen atoms in total. The minimum absolute atomic E-state index is 0.00135. The molecule has 2 N–H and O–H groups in total. The summed E-state index contributed by atoms with van der Waals surface area (Å²) >= 11 is 0. The number of aliphatic hydroxyl groups is 1. The molecule has 1 amide bonds. The first-order valence-electron chi connectivity index (χ1n) is 5.00. The number of hydrogen-bond donors (Lipinski definition) is 2. The van der Waals surface area contributed by atoms with Crippen molar-refractivity contribution in [3.8, 4) is 0 Å². The quantitative estimate of drug-likeness (QED) is 0.661. The highest BCUT2D eigenvalue weighted by Gasteiger charge is 2.22. The first-order valence-corrected chi connectivity index (χ1v) is 5.00. The molecule has 0 spiro atoms. The molecule has 0 aromatic heterocycles. The monoisotopic (exact) mass is 187 g/mol. The Balaban J connectivity index is 3.87. The molecule has 0 aliphatic carbocycles. The Labute approximate surface area is 80.5 Å². The van der Waals surface area contributed by atoms with E-state index in [2.05, 4.69) is 12.2 Å². The highest BCUT2D eigenvalue weighted by Crippen LogP contribution is 2.08. The van der Waals surface area contributed by atoms with E-state index < -0.39 is 5.54 Å². The highest BCUT2D eigenvalue weighted by molar-refractivity contribution is 5.76. The molecule has 0 heterocycles. The predicted octanol–water partition coefficient (Wildman–Crippen LogP) is 1.45. The van der Waals surface area contributed by atoms with Crippen LogP contribution < -0.4 is 5.32 Å². The average molecular weight is 187 g/mol. The van der Waals surface area contributed by atoms with Crippen molar-refractivity contribution < 1.29 is 9.90 Å². The van der Waals surface area contributed by atoms with Crippen molar-refractivity contribution in [3.63, 3.8) is 0 Å². The van der Waals surface area contributed by atoms with E-state index in [-0.39, 0.29) is 12.5 Å². The van der Waals surface area contributed by atoms with Gasteiger partial charge in [-0.05, 0) is 19.8 Å². The number of nitrogens with one attached hydrogen (secondary N) is 1. The minimum Gasteiger partial charge on any atom is -0.394 e. The van der Waals surface area contributed by atoms with Crippen LogP contribution >= 0.6 is 0 Å². The number of carbonyl (C=O) groups excluding carboxylic acids is 1.